The Labute approximate surface area is 446 Å². The van der Waals surface area contributed by atoms with Crippen molar-refractivity contribution in [2.45, 2.75) is 39.0 Å². The van der Waals surface area contributed by atoms with Gasteiger partial charge in [-0.3, -0.25) is 19.6 Å². The summed E-state index contributed by atoms with van der Waals surface area (Å²) in [5.74, 6) is 0. The van der Waals surface area contributed by atoms with E-state index in [0.29, 0.717) is 0 Å². The molecule has 408 valence electrons. The molecule has 0 unspecified atom stereocenters. The first-order valence-electron chi connectivity index (χ1n) is 28.6. The Kier molecular flexibility index (Phi) is 27.7. The molecular formula is C58H96N16. The lowest BCUT2D eigenvalue weighted by Gasteiger charge is -2.27. The van der Waals surface area contributed by atoms with Gasteiger partial charge in [-0.2, -0.15) is 0 Å². The summed E-state index contributed by atoms with van der Waals surface area (Å²) in [4.78, 5) is 10.3. The second-order valence-electron chi connectivity index (χ2n) is 20.3. The van der Waals surface area contributed by atoms with Crippen LogP contribution in [0.25, 0.3) is 0 Å². The topological polar surface area (TPSA) is 157 Å². The highest BCUT2D eigenvalue weighted by Gasteiger charge is 2.13. The summed E-state index contributed by atoms with van der Waals surface area (Å²) in [7, 11) is 0. The molecule has 16 heteroatoms. The van der Waals surface area contributed by atoms with Crippen LogP contribution in [0.1, 0.15) is 35.1 Å². The second-order valence-corrected chi connectivity index (χ2v) is 20.3. The molecule has 74 heavy (non-hydrogen) atoms. The Balaban J connectivity index is 0.859. The molecule has 6 aliphatic rings. The van der Waals surface area contributed by atoms with Gasteiger partial charge in [-0.05, 0) is 110 Å². The van der Waals surface area contributed by atoms with Gasteiger partial charge in [-0.15, -0.1) is 0 Å². The first-order chi connectivity index (χ1) is 36.7. The van der Waals surface area contributed by atoms with Gasteiger partial charge in [-0.25, -0.2) is 0 Å². The van der Waals surface area contributed by atoms with Gasteiger partial charge < -0.3 is 63.8 Å². The van der Waals surface area contributed by atoms with Gasteiger partial charge in [0.15, 0.2) is 0 Å². The molecule has 0 aliphatic carbocycles. The van der Waals surface area contributed by atoms with Crippen LogP contribution in [0.3, 0.4) is 0 Å². The molecule has 0 spiro atoms. The van der Waals surface area contributed by atoms with Crippen molar-refractivity contribution >= 4 is 22.7 Å². The maximum absolute atomic E-state index is 3.76. The number of nitrogens with zero attached hydrogens (tertiary/aromatic N) is 4. The summed E-state index contributed by atoms with van der Waals surface area (Å²) < 4.78 is 0. The standard InChI is InChI=1S/C58H96N16/c1-7-51-43-55(11-1)67-23-19-59-15-5-16-60-20-24-68-57-13-3-9-53(45-57)49-73-39-31-65-33-41-74(42-34-66-32-40-73)50-54-10-4-14-58(46-54)70-26-22-62-18-6-17-61-21-25-69-56-12-2-8-52(44-56)48-72-37-29-63-27-35-71(47-51)36-28-64-30-38-72/h1-4,7-14,43-46,59-70H,5-6,15-42,47-50H2. The van der Waals surface area contributed by atoms with E-state index >= 15 is 0 Å². The first-order valence-corrected chi connectivity index (χ1v) is 28.6. The first kappa shape index (κ1) is 57.3. The summed E-state index contributed by atoms with van der Waals surface area (Å²) in [5.41, 5.74) is 10.2. The Morgan fingerprint density at radius 3 is 0.676 bits per heavy atom. The van der Waals surface area contributed by atoms with Gasteiger partial charge in [-0.1, -0.05) is 48.5 Å². The Morgan fingerprint density at radius 1 is 0.230 bits per heavy atom. The van der Waals surface area contributed by atoms with Crippen molar-refractivity contribution < 1.29 is 0 Å². The quantitative estimate of drug-likeness (QED) is 0.125. The Bertz CT molecular complexity index is 1760. The average molecular weight is 1020 g/mol. The van der Waals surface area contributed by atoms with Crippen molar-refractivity contribution in [2.75, 3.05) is 205 Å². The predicted octanol–water partition coefficient (Wildman–Crippen LogP) is 3.18. The highest BCUT2D eigenvalue weighted by Crippen LogP contribution is 2.16. The minimum Gasteiger partial charge on any atom is -0.384 e. The molecule has 0 atom stereocenters. The molecule has 4 aromatic carbocycles. The minimum atomic E-state index is 0.909. The minimum absolute atomic E-state index is 0.909. The van der Waals surface area contributed by atoms with Crippen molar-refractivity contribution in [2.24, 2.45) is 0 Å². The summed E-state index contributed by atoms with van der Waals surface area (Å²) in [6, 6.07) is 35.9. The largest absolute Gasteiger partial charge is 0.384 e. The molecular weight excluding hydrogens is 921 g/mol. The molecule has 0 aromatic heterocycles. The lowest BCUT2D eigenvalue weighted by atomic mass is 10.1. The van der Waals surface area contributed by atoms with E-state index in [0.717, 1.165) is 222 Å². The van der Waals surface area contributed by atoms with Crippen LogP contribution in [-0.4, -0.2) is 203 Å². The molecule has 2 fully saturated rings. The van der Waals surface area contributed by atoms with Crippen LogP contribution >= 0.6 is 0 Å². The van der Waals surface area contributed by atoms with E-state index in [4.69, 9.17) is 0 Å². The predicted molar refractivity (Wildman–Crippen MR) is 313 cm³/mol. The maximum Gasteiger partial charge on any atom is 0.0343 e. The number of anilines is 4. The van der Waals surface area contributed by atoms with Crippen LogP contribution in [0.2, 0.25) is 0 Å². The molecule has 6 aliphatic heterocycles. The van der Waals surface area contributed by atoms with E-state index in [-0.39, 0.29) is 0 Å². The van der Waals surface area contributed by atoms with Gasteiger partial charge in [0.1, 0.15) is 0 Å². The summed E-state index contributed by atoms with van der Waals surface area (Å²) in [6.07, 6.45) is 2.21. The van der Waals surface area contributed by atoms with Crippen LogP contribution < -0.4 is 63.8 Å². The highest BCUT2D eigenvalue weighted by atomic mass is 15.2. The number of hydrogen-bond donors (Lipinski definition) is 12. The maximum atomic E-state index is 3.76. The average Bonchev–Trinajstić information content (AvgIpc) is 3.40. The number of nitrogens with one attached hydrogen (secondary N) is 12. The molecule has 10 rings (SSSR count). The van der Waals surface area contributed by atoms with E-state index in [1.165, 1.54) is 45.0 Å². The summed E-state index contributed by atoms with van der Waals surface area (Å²) >= 11 is 0. The van der Waals surface area contributed by atoms with Gasteiger partial charge in [0.25, 0.3) is 0 Å². The molecule has 16 nitrogen and oxygen atoms in total. The second kappa shape index (κ2) is 35.8. The fraction of sp³-hybridized carbons (Fsp3) is 0.586. The van der Waals surface area contributed by atoms with Crippen molar-refractivity contribution in [3.8, 4) is 0 Å². The number of benzene rings is 4. The molecule has 12 bridgehead atoms. The lowest BCUT2D eigenvalue weighted by Crippen LogP contribution is -2.42. The Hall–Kier alpha value is -4.40. The molecule has 12 N–H and O–H groups in total. The summed E-state index contributed by atoms with van der Waals surface area (Å²) in [5, 5.41) is 44.2. The fourth-order valence-electron chi connectivity index (χ4n) is 9.99. The van der Waals surface area contributed by atoms with Crippen LogP contribution in [0.4, 0.5) is 22.7 Å². The lowest BCUT2D eigenvalue weighted by molar-refractivity contribution is 0.233. The van der Waals surface area contributed by atoms with Gasteiger partial charge in [0.05, 0.1) is 0 Å². The van der Waals surface area contributed by atoms with Crippen LogP contribution in [0.15, 0.2) is 97.1 Å². The smallest absolute Gasteiger partial charge is 0.0343 e. The fourth-order valence-corrected chi connectivity index (χ4v) is 9.99. The molecule has 4 aromatic rings. The molecule has 0 radical (unpaired) electrons. The van der Waals surface area contributed by atoms with Crippen molar-refractivity contribution in [3.05, 3.63) is 119 Å². The zero-order valence-corrected chi connectivity index (χ0v) is 45.1. The molecule has 6 heterocycles. The van der Waals surface area contributed by atoms with Gasteiger partial charge in [0.2, 0.25) is 0 Å². The van der Waals surface area contributed by atoms with E-state index in [1.54, 1.807) is 0 Å². The van der Waals surface area contributed by atoms with Crippen LogP contribution in [0, 0.1) is 0 Å². The zero-order valence-electron chi connectivity index (χ0n) is 45.1. The summed E-state index contributed by atoms with van der Waals surface area (Å²) in [6.45, 7) is 31.5. The van der Waals surface area contributed by atoms with Crippen LogP contribution in [-0.2, 0) is 26.2 Å². The third-order valence-electron chi connectivity index (χ3n) is 14.1. The number of hydrogen-bond acceptors (Lipinski definition) is 16. The van der Waals surface area contributed by atoms with Gasteiger partial charge >= 0.3 is 0 Å². The monoisotopic (exact) mass is 1020 g/mol. The molecule has 0 saturated carbocycles. The van der Waals surface area contributed by atoms with E-state index < -0.39 is 0 Å². The van der Waals surface area contributed by atoms with E-state index in [1.807, 2.05) is 0 Å². The third kappa shape index (κ3) is 24.1. The van der Waals surface area contributed by atoms with E-state index in [9.17, 15) is 0 Å². The van der Waals surface area contributed by atoms with Crippen LogP contribution in [0.5, 0.6) is 0 Å². The van der Waals surface area contributed by atoms with Gasteiger partial charge in [0, 0.05) is 206 Å². The van der Waals surface area contributed by atoms with Crippen molar-refractivity contribution in [3.63, 3.8) is 0 Å². The molecule has 2 saturated heterocycles. The normalized spacial score (nSPS) is 24.0. The zero-order chi connectivity index (χ0) is 50.8. The molecule has 0 amide bonds. The third-order valence-corrected chi connectivity index (χ3v) is 14.1. The van der Waals surface area contributed by atoms with Crippen molar-refractivity contribution in [1.29, 1.82) is 0 Å². The Morgan fingerprint density at radius 2 is 0.446 bits per heavy atom. The van der Waals surface area contributed by atoms with E-state index in [2.05, 4.69) is 180 Å². The SMILES string of the molecule is c1cc2cc(c1)NCCNCCCNCCNc1cccc(c1)CN1CCNCCN(CCNCC1)Cc1cccc(c1)NCCNCCCNCCNc1cccc(c1)CN1CCNCCN(CCNCC1)C2. The highest BCUT2D eigenvalue weighted by molar-refractivity contribution is 5.48. The number of rotatable bonds is 0. The van der Waals surface area contributed by atoms with Crippen molar-refractivity contribution in [1.82, 2.24) is 62.1 Å².